The molecular formula is C11H5BrCl2N2O2S. The largest absolute Gasteiger partial charge is 0.302 e. The second kappa shape index (κ2) is 6.09. The van der Waals surface area contributed by atoms with E-state index in [-0.39, 0.29) is 10.7 Å². The molecule has 0 aliphatic rings. The molecule has 0 saturated carbocycles. The van der Waals surface area contributed by atoms with Gasteiger partial charge in [0, 0.05) is 26.7 Å². The molecular weight excluding hydrogens is 375 g/mol. The molecule has 8 heteroatoms. The molecule has 1 aromatic heterocycles. The molecule has 2 rings (SSSR count). The van der Waals surface area contributed by atoms with Gasteiger partial charge in [0.25, 0.3) is 0 Å². The maximum absolute atomic E-state index is 11.0. The summed E-state index contributed by atoms with van der Waals surface area (Å²) in [6.07, 6.45) is 1.49. The van der Waals surface area contributed by atoms with Crippen LogP contribution in [-0.2, 0) is 0 Å². The number of benzene rings is 1. The number of hydrogen-bond acceptors (Lipinski definition) is 4. The van der Waals surface area contributed by atoms with E-state index in [9.17, 15) is 10.1 Å². The molecule has 0 aliphatic carbocycles. The van der Waals surface area contributed by atoms with Crippen LogP contribution >= 0.6 is 50.9 Å². The average molecular weight is 380 g/mol. The minimum atomic E-state index is -0.488. The molecule has 2 aromatic rings. The van der Waals surface area contributed by atoms with Crippen LogP contribution in [0.25, 0.3) is 0 Å². The summed E-state index contributed by atoms with van der Waals surface area (Å²) in [5.74, 6) is 0. The third-order valence-electron chi connectivity index (χ3n) is 2.10. The van der Waals surface area contributed by atoms with Gasteiger partial charge in [-0.1, -0.05) is 35.0 Å². The van der Waals surface area contributed by atoms with E-state index >= 15 is 0 Å². The van der Waals surface area contributed by atoms with Gasteiger partial charge in [-0.25, -0.2) is 4.98 Å². The second-order valence-electron chi connectivity index (χ2n) is 3.41. The fourth-order valence-corrected chi connectivity index (χ4v) is 2.98. The van der Waals surface area contributed by atoms with Crippen molar-refractivity contribution in [1.82, 2.24) is 4.98 Å². The second-order valence-corrected chi connectivity index (χ2v) is 6.20. The minimum absolute atomic E-state index is 0.0876. The number of nitro groups is 1. The van der Waals surface area contributed by atoms with Gasteiger partial charge in [0.15, 0.2) is 5.03 Å². The highest BCUT2D eigenvalue weighted by atomic mass is 79.9. The summed E-state index contributed by atoms with van der Waals surface area (Å²) in [4.78, 5) is 15.2. The first-order valence-electron chi connectivity index (χ1n) is 4.90. The highest BCUT2D eigenvalue weighted by Gasteiger charge is 2.18. The van der Waals surface area contributed by atoms with Crippen LogP contribution < -0.4 is 0 Å². The molecule has 0 N–H and O–H groups in total. The predicted octanol–water partition coefficient (Wildman–Crippen LogP) is 5.21. The summed E-state index contributed by atoms with van der Waals surface area (Å²) < 4.78 is 0.542. The quantitative estimate of drug-likeness (QED) is 0.542. The summed E-state index contributed by atoms with van der Waals surface area (Å²) >= 11 is 16.2. The Morgan fingerprint density at radius 2 is 2.05 bits per heavy atom. The molecule has 4 nitrogen and oxygen atoms in total. The number of rotatable bonds is 3. The van der Waals surface area contributed by atoms with Crippen molar-refractivity contribution in [3.05, 3.63) is 55.1 Å². The Bertz CT molecular complexity index is 655. The first-order chi connectivity index (χ1) is 8.97. The Labute approximate surface area is 131 Å². The first-order valence-corrected chi connectivity index (χ1v) is 7.27. The molecule has 0 bridgehead atoms. The van der Waals surface area contributed by atoms with Gasteiger partial charge in [-0.3, -0.25) is 10.1 Å². The number of nitrogens with zero attached hydrogens (tertiary/aromatic N) is 2. The van der Waals surface area contributed by atoms with Crippen LogP contribution in [0.5, 0.6) is 0 Å². The van der Waals surface area contributed by atoms with Crippen LogP contribution in [0.2, 0.25) is 10.0 Å². The highest BCUT2D eigenvalue weighted by molar-refractivity contribution is 9.10. The van der Waals surface area contributed by atoms with E-state index in [0.29, 0.717) is 19.4 Å². The molecule has 0 aliphatic heterocycles. The lowest BCUT2D eigenvalue weighted by Gasteiger charge is -2.05. The molecule has 1 heterocycles. The van der Waals surface area contributed by atoms with Gasteiger partial charge in [0.2, 0.25) is 0 Å². The Balaban J connectivity index is 2.43. The zero-order valence-corrected chi connectivity index (χ0v) is 13.1. The fourth-order valence-electron chi connectivity index (χ4n) is 1.29. The highest BCUT2D eigenvalue weighted by Crippen LogP contribution is 2.38. The summed E-state index contributed by atoms with van der Waals surface area (Å²) in [6.45, 7) is 0. The summed E-state index contributed by atoms with van der Waals surface area (Å²) in [5.41, 5.74) is -0.0876. The van der Waals surface area contributed by atoms with Crippen molar-refractivity contribution in [2.24, 2.45) is 0 Å². The maximum Gasteiger partial charge on any atom is 0.302 e. The van der Waals surface area contributed by atoms with Crippen LogP contribution in [0.4, 0.5) is 5.69 Å². The molecule has 0 spiro atoms. The molecule has 0 radical (unpaired) electrons. The first kappa shape index (κ1) is 14.6. The van der Waals surface area contributed by atoms with E-state index in [4.69, 9.17) is 23.2 Å². The van der Waals surface area contributed by atoms with E-state index in [1.54, 1.807) is 18.2 Å². The third-order valence-corrected chi connectivity index (χ3v) is 4.27. The Kier molecular flexibility index (Phi) is 4.67. The number of halogens is 3. The van der Waals surface area contributed by atoms with Crippen LogP contribution in [-0.4, -0.2) is 9.91 Å². The van der Waals surface area contributed by atoms with Gasteiger partial charge in [-0.05, 0) is 34.1 Å². The lowest BCUT2D eigenvalue weighted by molar-refractivity contribution is -0.388. The molecule has 98 valence electrons. The van der Waals surface area contributed by atoms with E-state index < -0.39 is 4.92 Å². The van der Waals surface area contributed by atoms with Gasteiger partial charge < -0.3 is 0 Å². The molecule has 0 amide bonds. The van der Waals surface area contributed by atoms with Crippen molar-refractivity contribution in [2.45, 2.75) is 9.92 Å². The monoisotopic (exact) mass is 378 g/mol. The van der Waals surface area contributed by atoms with Crippen molar-refractivity contribution >= 4 is 56.6 Å². The Hall–Kier alpha value is -0.820. The van der Waals surface area contributed by atoms with Crippen molar-refractivity contribution in [3.63, 3.8) is 0 Å². The predicted molar refractivity (Wildman–Crippen MR) is 79.2 cm³/mol. The van der Waals surface area contributed by atoms with Crippen molar-refractivity contribution in [3.8, 4) is 0 Å². The minimum Gasteiger partial charge on any atom is -0.258 e. The fraction of sp³-hybridized carbons (Fsp3) is 0. The molecule has 0 saturated heterocycles. The van der Waals surface area contributed by atoms with Crippen LogP contribution in [0.1, 0.15) is 0 Å². The molecule has 0 atom stereocenters. The normalized spacial score (nSPS) is 10.5. The van der Waals surface area contributed by atoms with Gasteiger partial charge in [-0.15, -0.1) is 0 Å². The van der Waals surface area contributed by atoms with E-state index in [2.05, 4.69) is 20.9 Å². The molecule has 0 unspecified atom stereocenters. The van der Waals surface area contributed by atoms with Gasteiger partial charge >= 0.3 is 5.69 Å². The van der Waals surface area contributed by atoms with Gasteiger partial charge in [0.05, 0.1) is 9.95 Å². The SMILES string of the molecule is O=[N+]([O-])c1cc(Br)cnc1Sc1cc(Cl)ccc1Cl. The topological polar surface area (TPSA) is 56.0 Å². The number of pyridine rings is 1. The van der Waals surface area contributed by atoms with Gasteiger partial charge in [-0.2, -0.15) is 0 Å². The third kappa shape index (κ3) is 3.60. The number of hydrogen-bond donors (Lipinski definition) is 0. The summed E-state index contributed by atoms with van der Waals surface area (Å²) in [6, 6.07) is 6.32. The number of aromatic nitrogens is 1. The molecule has 1 aromatic carbocycles. The van der Waals surface area contributed by atoms with Crippen LogP contribution in [0, 0.1) is 10.1 Å². The Morgan fingerprint density at radius 3 is 2.74 bits per heavy atom. The van der Waals surface area contributed by atoms with Crippen molar-refractivity contribution in [1.29, 1.82) is 0 Å². The smallest absolute Gasteiger partial charge is 0.258 e. The molecule has 0 fully saturated rings. The summed E-state index contributed by atoms with van der Waals surface area (Å²) in [7, 11) is 0. The zero-order chi connectivity index (χ0) is 14.0. The van der Waals surface area contributed by atoms with E-state index in [1.165, 1.54) is 12.3 Å². The zero-order valence-electron chi connectivity index (χ0n) is 9.14. The van der Waals surface area contributed by atoms with E-state index in [0.717, 1.165) is 11.8 Å². The van der Waals surface area contributed by atoms with E-state index in [1.807, 2.05) is 0 Å². The van der Waals surface area contributed by atoms with Crippen LogP contribution in [0.3, 0.4) is 0 Å². The Morgan fingerprint density at radius 1 is 1.32 bits per heavy atom. The van der Waals surface area contributed by atoms with Crippen molar-refractivity contribution in [2.75, 3.05) is 0 Å². The van der Waals surface area contributed by atoms with Gasteiger partial charge in [0.1, 0.15) is 0 Å². The maximum atomic E-state index is 11.0. The van der Waals surface area contributed by atoms with Crippen molar-refractivity contribution < 1.29 is 4.92 Å². The summed E-state index contributed by atoms with van der Waals surface area (Å²) in [5, 5.41) is 12.2. The van der Waals surface area contributed by atoms with Crippen LogP contribution in [0.15, 0.2) is 44.9 Å². The standard InChI is InChI=1S/C11H5BrCl2N2O2S/c12-6-3-9(16(17)18)11(15-5-6)19-10-4-7(13)1-2-8(10)14/h1-5H. The lowest BCUT2D eigenvalue weighted by atomic mass is 10.4. The lowest BCUT2D eigenvalue weighted by Crippen LogP contribution is -1.93. The molecule has 19 heavy (non-hydrogen) atoms. The average Bonchev–Trinajstić information content (AvgIpc) is 2.35.